The van der Waals surface area contributed by atoms with Crippen LogP contribution in [0, 0.1) is 11.3 Å². The number of rotatable bonds is 4. The van der Waals surface area contributed by atoms with Crippen molar-refractivity contribution in [2.75, 3.05) is 0 Å². The van der Waals surface area contributed by atoms with Crippen LogP contribution in [0.2, 0.25) is 0 Å². The fourth-order valence-electron chi connectivity index (χ4n) is 0.600. The molecule has 0 aliphatic heterocycles. The third-order valence-electron chi connectivity index (χ3n) is 1.12. The van der Waals surface area contributed by atoms with Crippen LogP contribution in [0.1, 0.15) is 19.8 Å². The van der Waals surface area contributed by atoms with Gasteiger partial charge in [0, 0.05) is 6.08 Å². The first-order valence-electron chi connectivity index (χ1n) is 3.47. The van der Waals surface area contributed by atoms with Gasteiger partial charge >= 0.3 is 5.97 Å². The standard InChI is InChI=1S/C8H11NO2/c1-3-5-7(6-9)11-8(10)4-2/h4,7H,2-3,5H2,1H3. The molecule has 0 rings (SSSR count). The van der Waals surface area contributed by atoms with E-state index in [0.717, 1.165) is 12.5 Å². The smallest absolute Gasteiger partial charge is 0.331 e. The molecule has 0 heterocycles. The van der Waals surface area contributed by atoms with Gasteiger partial charge < -0.3 is 4.74 Å². The summed E-state index contributed by atoms with van der Waals surface area (Å²) in [4.78, 5) is 10.6. The number of ether oxygens (including phenoxy) is 1. The van der Waals surface area contributed by atoms with E-state index < -0.39 is 12.1 Å². The zero-order valence-electron chi connectivity index (χ0n) is 6.54. The normalized spacial score (nSPS) is 11.3. The van der Waals surface area contributed by atoms with Crippen LogP contribution in [0.4, 0.5) is 0 Å². The number of hydrogen-bond donors (Lipinski definition) is 0. The minimum atomic E-state index is -0.620. The molecular formula is C8H11NO2. The van der Waals surface area contributed by atoms with Crippen LogP contribution in [-0.4, -0.2) is 12.1 Å². The lowest BCUT2D eigenvalue weighted by Crippen LogP contribution is -2.13. The number of carbonyl (C=O) groups excluding carboxylic acids is 1. The summed E-state index contributed by atoms with van der Waals surface area (Å²) in [7, 11) is 0. The van der Waals surface area contributed by atoms with Gasteiger partial charge in [-0.15, -0.1) is 0 Å². The predicted octanol–water partition coefficient (Wildman–Crippen LogP) is 1.41. The summed E-state index contributed by atoms with van der Waals surface area (Å²) in [5.41, 5.74) is 0. The van der Waals surface area contributed by atoms with Crippen LogP contribution in [0.3, 0.4) is 0 Å². The fraction of sp³-hybridized carbons (Fsp3) is 0.500. The van der Waals surface area contributed by atoms with Crippen LogP contribution in [0.15, 0.2) is 12.7 Å². The van der Waals surface area contributed by atoms with E-state index in [0.29, 0.717) is 6.42 Å². The second-order valence-electron chi connectivity index (χ2n) is 2.05. The molecule has 0 aliphatic carbocycles. The first-order chi connectivity index (χ1) is 5.24. The van der Waals surface area contributed by atoms with Gasteiger partial charge in [0.25, 0.3) is 0 Å². The molecule has 0 N–H and O–H groups in total. The molecule has 0 spiro atoms. The molecule has 0 fully saturated rings. The van der Waals surface area contributed by atoms with Crippen molar-refractivity contribution in [1.82, 2.24) is 0 Å². The molecule has 0 aromatic rings. The van der Waals surface area contributed by atoms with Crippen LogP contribution < -0.4 is 0 Å². The summed E-state index contributed by atoms with van der Waals surface area (Å²) in [6.07, 6.45) is 1.84. The Labute approximate surface area is 66.3 Å². The minimum absolute atomic E-state index is 0.537. The van der Waals surface area contributed by atoms with E-state index in [1.54, 1.807) is 0 Å². The van der Waals surface area contributed by atoms with Crippen molar-refractivity contribution in [2.24, 2.45) is 0 Å². The molecule has 0 aromatic carbocycles. The summed E-state index contributed by atoms with van der Waals surface area (Å²) in [6.45, 7) is 5.15. The van der Waals surface area contributed by atoms with Crippen molar-refractivity contribution in [3.63, 3.8) is 0 Å². The van der Waals surface area contributed by atoms with Gasteiger partial charge in [-0.25, -0.2) is 4.79 Å². The van der Waals surface area contributed by atoms with Gasteiger partial charge in [-0.1, -0.05) is 19.9 Å². The molecule has 1 unspecified atom stereocenters. The zero-order valence-corrected chi connectivity index (χ0v) is 6.54. The Morgan fingerprint density at radius 1 is 1.91 bits per heavy atom. The lowest BCUT2D eigenvalue weighted by molar-refractivity contribution is -0.140. The molecule has 60 valence electrons. The van der Waals surface area contributed by atoms with Gasteiger partial charge in [0.2, 0.25) is 0 Å². The summed E-state index contributed by atoms with van der Waals surface area (Å²) in [6, 6.07) is 1.88. The molecule has 0 amide bonds. The molecule has 11 heavy (non-hydrogen) atoms. The highest BCUT2D eigenvalue weighted by molar-refractivity contribution is 5.81. The van der Waals surface area contributed by atoms with Gasteiger partial charge in [-0.2, -0.15) is 5.26 Å². The summed E-state index contributed by atoms with van der Waals surface area (Å²) < 4.78 is 4.67. The Balaban J connectivity index is 3.79. The number of carbonyl (C=O) groups is 1. The average molecular weight is 153 g/mol. The molecule has 0 aromatic heterocycles. The van der Waals surface area contributed by atoms with E-state index in [1.807, 2.05) is 13.0 Å². The van der Waals surface area contributed by atoms with E-state index in [2.05, 4.69) is 11.3 Å². The maximum absolute atomic E-state index is 10.6. The Kier molecular flexibility index (Phi) is 4.83. The molecule has 0 saturated heterocycles. The van der Waals surface area contributed by atoms with Crippen molar-refractivity contribution >= 4 is 5.97 Å². The van der Waals surface area contributed by atoms with Crippen LogP contribution in [-0.2, 0) is 9.53 Å². The van der Waals surface area contributed by atoms with E-state index in [9.17, 15) is 4.79 Å². The van der Waals surface area contributed by atoms with Gasteiger partial charge in [0.1, 0.15) is 6.07 Å². The lowest BCUT2D eigenvalue weighted by Gasteiger charge is -2.06. The average Bonchev–Trinajstić information content (AvgIpc) is 2.03. The third-order valence-corrected chi connectivity index (χ3v) is 1.12. The molecule has 0 bridgehead atoms. The molecule has 0 aliphatic rings. The molecular weight excluding hydrogens is 142 g/mol. The molecule has 0 saturated carbocycles. The van der Waals surface area contributed by atoms with E-state index >= 15 is 0 Å². The Morgan fingerprint density at radius 3 is 2.91 bits per heavy atom. The SMILES string of the molecule is C=CC(=O)OC(C#N)CCC. The highest BCUT2D eigenvalue weighted by Crippen LogP contribution is 2.00. The first kappa shape index (κ1) is 9.70. The number of esters is 1. The zero-order chi connectivity index (χ0) is 8.69. The highest BCUT2D eigenvalue weighted by atomic mass is 16.5. The summed E-state index contributed by atoms with van der Waals surface area (Å²) in [5.74, 6) is -0.537. The number of nitriles is 1. The van der Waals surface area contributed by atoms with Gasteiger partial charge in [0.15, 0.2) is 6.10 Å². The van der Waals surface area contributed by atoms with Crippen molar-refractivity contribution in [3.8, 4) is 6.07 Å². The number of hydrogen-bond acceptors (Lipinski definition) is 3. The first-order valence-corrected chi connectivity index (χ1v) is 3.47. The van der Waals surface area contributed by atoms with E-state index in [-0.39, 0.29) is 0 Å². The topological polar surface area (TPSA) is 50.1 Å². The largest absolute Gasteiger partial charge is 0.444 e. The lowest BCUT2D eigenvalue weighted by atomic mass is 10.2. The maximum atomic E-state index is 10.6. The number of nitrogens with zero attached hydrogens (tertiary/aromatic N) is 1. The summed E-state index contributed by atoms with van der Waals surface area (Å²) >= 11 is 0. The van der Waals surface area contributed by atoms with Crippen LogP contribution >= 0.6 is 0 Å². The van der Waals surface area contributed by atoms with Gasteiger partial charge in [0.05, 0.1) is 0 Å². The van der Waals surface area contributed by atoms with Crippen LogP contribution in [0.5, 0.6) is 0 Å². The van der Waals surface area contributed by atoms with Crippen molar-refractivity contribution in [1.29, 1.82) is 5.26 Å². The second-order valence-corrected chi connectivity index (χ2v) is 2.05. The Morgan fingerprint density at radius 2 is 2.55 bits per heavy atom. The Bertz CT molecular complexity index is 181. The molecule has 3 heteroatoms. The predicted molar refractivity (Wildman–Crippen MR) is 40.6 cm³/mol. The Hall–Kier alpha value is -1.30. The maximum Gasteiger partial charge on any atom is 0.331 e. The van der Waals surface area contributed by atoms with Gasteiger partial charge in [-0.3, -0.25) is 0 Å². The van der Waals surface area contributed by atoms with Crippen LogP contribution in [0.25, 0.3) is 0 Å². The van der Waals surface area contributed by atoms with E-state index in [1.165, 1.54) is 0 Å². The van der Waals surface area contributed by atoms with E-state index in [4.69, 9.17) is 5.26 Å². The summed E-state index contributed by atoms with van der Waals surface area (Å²) in [5, 5.41) is 8.44. The molecule has 1 atom stereocenters. The molecule has 0 radical (unpaired) electrons. The van der Waals surface area contributed by atoms with Crippen molar-refractivity contribution in [3.05, 3.63) is 12.7 Å². The molecule has 3 nitrogen and oxygen atoms in total. The quantitative estimate of drug-likeness (QED) is 0.453. The third kappa shape index (κ3) is 4.15. The highest BCUT2D eigenvalue weighted by Gasteiger charge is 2.08. The van der Waals surface area contributed by atoms with Crippen molar-refractivity contribution < 1.29 is 9.53 Å². The second kappa shape index (κ2) is 5.48. The monoisotopic (exact) mass is 153 g/mol. The fourth-order valence-corrected chi connectivity index (χ4v) is 0.600. The van der Waals surface area contributed by atoms with Crippen molar-refractivity contribution in [2.45, 2.75) is 25.9 Å². The minimum Gasteiger partial charge on any atom is -0.444 e. The van der Waals surface area contributed by atoms with Gasteiger partial charge in [-0.05, 0) is 6.42 Å².